The largest absolute Gasteiger partial charge is 0.198 e. The summed E-state index contributed by atoms with van der Waals surface area (Å²) in [5.74, 6) is 1.81. The summed E-state index contributed by atoms with van der Waals surface area (Å²) in [6.45, 7) is 4.21. The van der Waals surface area contributed by atoms with Crippen molar-refractivity contribution in [3.8, 4) is 12.1 Å². The first-order chi connectivity index (χ1) is 6.54. The van der Waals surface area contributed by atoms with Crippen LogP contribution in [0.25, 0.3) is 0 Å². The molecule has 2 nitrogen and oxygen atoms in total. The van der Waals surface area contributed by atoms with Crippen molar-refractivity contribution in [2.45, 2.75) is 26.7 Å². The first-order valence-corrected chi connectivity index (χ1v) is 6.09. The van der Waals surface area contributed by atoms with E-state index in [1.165, 1.54) is 0 Å². The van der Waals surface area contributed by atoms with E-state index in [0.29, 0.717) is 0 Å². The Balaban J connectivity index is 2.55. The van der Waals surface area contributed by atoms with Crippen molar-refractivity contribution in [1.29, 1.82) is 10.5 Å². The number of nitrogens with zero attached hydrogens (tertiary/aromatic N) is 2. The monoisotopic (exact) mass is 206 g/mol. The van der Waals surface area contributed by atoms with Gasteiger partial charge in [0.15, 0.2) is 0 Å². The zero-order valence-corrected chi connectivity index (χ0v) is 9.45. The molecular formula is C11H14N2S. The van der Waals surface area contributed by atoms with Gasteiger partial charge >= 0.3 is 0 Å². The van der Waals surface area contributed by atoms with E-state index in [-0.39, 0.29) is 16.2 Å². The number of rotatable bonds is 0. The molecular weight excluding hydrogens is 192 g/mol. The van der Waals surface area contributed by atoms with E-state index in [0.717, 1.165) is 24.3 Å². The number of nitriles is 2. The molecule has 1 aliphatic carbocycles. The molecule has 0 aromatic rings. The Morgan fingerprint density at radius 1 is 1.00 bits per heavy atom. The van der Waals surface area contributed by atoms with Crippen LogP contribution in [-0.4, -0.2) is 11.5 Å². The van der Waals surface area contributed by atoms with Crippen molar-refractivity contribution >= 4 is 11.8 Å². The Bertz CT molecular complexity index is 317. The van der Waals surface area contributed by atoms with Crippen LogP contribution in [0.5, 0.6) is 0 Å². The van der Waals surface area contributed by atoms with E-state index in [4.69, 9.17) is 0 Å². The molecule has 14 heavy (non-hydrogen) atoms. The molecule has 0 N–H and O–H groups in total. The van der Waals surface area contributed by atoms with Gasteiger partial charge in [0.2, 0.25) is 0 Å². The quantitative estimate of drug-likeness (QED) is 0.612. The highest BCUT2D eigenvalue weighted by Crippen LogP contribution is 2.67. The van der Waals surface area contributed by atoms with Crippen LogP contribution in [0.3, 0.4) is 0 Å². The van der Waals surface area contributed by atoms with Gasteiger partial charge in [0.05, 0.1) is 23.0 Å². The second kappa shape index (κ2) is 2.67. The van der Waals surface area contributed by atoms with Gasteiger partial charge in [-0.15, -0.1) is 0 Å². The van der Waals surface area contributed by atoms with Crippen LogP contribution in [0.2, 0.25) is 0 Å². The molecule has 0 radical (unpaired) electrons. The fourth-order valence-electron chi connectivity index (χ4n) is 2.87. The molecule has 0 amide bonds. The summed E-state index contributed by atoms with van der Waals surface area (Å²) < 4.78 is 0. The van der Waals surface area contributed by atoms with Crippen LogP contribution in [0.15, 0.2) is 0 Å². The number of fused-ring (bicyclic) bond motifs is 2. The highest BCUT2D eigenvalue weighted by Gasteiger charge is 2.65. The molecule has 2 aliphatic rings. The lowest BCUT2D eigenvalue weighted by molar-refractivity contribution is 0.105. The fraction of sp³-hybridized carbons (Fsp3) is 0.818. The van der Waals surface area contributed by atoms with Crippen LogP contribution in [0, 0.1) is 38.9 Å². The van der Waals surface area contributed by atoms with Gasteiger partial charge in [-0.2, -0.15) is 22.3 Å². The Morgan fingerprint density at radius 2 is 1.43 bits per heavy atom. The molecule has 2 fully saturated rings. The van der Waals surface area contributed by atoms with Gasteiger partial charge in [0.1, 0.15) is 0 Å². The lowest BCUT2D eigenvalue weighted by Gasteiger charge is -2.47. The Hall–Kier alpha value is -0.670. The van der Waals surface area contributed by atoms with E-state index < -0.39 is 0 Å². The molecule has 1 saturated heterocycles. The van der Waals surface area contributed by atoms with Crippen LogP contribution < -0.4 is 0 Å². The average Bonchev–Trinajstić information content (AvgIpc) is 2.36. The molecule has 2 rings (SSSR count). The Morgan fingerprint density at radius 3 is 1.79 bits per heavy atom. The van der Waals surface area contributed by atoms with Crippen molar-refractivity contribution in [3.05, 3.63) is 0 Å². The van der Waals surface area contributed by atoms with Crippen LogP contribution in [0.1, 0.15) is 26.7 Å². The van der Waals surface area contributed by atoms with Gasteiger partial charge in [-0.3, -0.25) is 0 Å². The molecule has 1 saturated carbocycles. The lowest BCUT2D eigenvalue weighted by atomic mass is 9.60. The molecule has 2 bridgehead atoms. The van der Waals surface area contributed by atoms with Crippen molar-refractivity contribution in [3.63, 3.8) is 0 Å². The zero-order chi connectivity index (χ0) is 10.4. The molecule has 1 heterocycles. The third-order valence-corrected chi connectivity index (χ3v) is 5.89. The third-order valence-electron chi connectivity index (χ3n) is 4.50. The standard InChI is InChI=1S/C11H14N2S/c1-9(2)10(5-12)3-4-11(9,6-13)8-14-7-10/h3-4,7-8H2,1-2H3. The second-order valence-electron chi connectivity index (χ2n) is 5.01. The molecule has 2 atom stereocenters. The van der Waals surface area contributed by atoms with Crippen molar-refractivity contribution in [1.82, 2.24) is 0 Å². The molecule has 2 unspecified atom stereocenters. The Kier molecular flexibility index (Phi) is 1.88. The van der Waals surface area contributed by atoms with Crippen molar-refractivity contribution in [2.75, 3.05) is 11.5 Å². The van der Waals surface area contributed by atoms with Gasteiger partial charge in [0.25, 0.3) is 0 Å². The molecule has 1 aliphatic heterocycles. The van der Waals surface area contributed by atoms with Crippen LogP contribution >= 0.6 is 11.8 Å². The molecule has 0 spiro atoms. The lowest BCUT2D eigenvalue weighted by Crippen LogP contribution is -2.48. The van der Waals surface area contributed by atoms with E-state index in [1.54, 1.807) is 11.8 Å². The maximum absolute atomic E-state index is 9.34. The van der Waals surface area contributed by atoms with Gasteiger partial charge in [-0.1, -0.05) is 13.8 Å². The fourth-order valence-corrected chi connectivity index (χ4v) is 4.81. The maximum atomic E-state index is 9.34. The van der Waals surface area contributed by atoms with Crippen molar-refractivity contribution in [2.24, 2.45) is 16.2 Å². The highest BCUT2D eigenvalue weighted by molar-refractivity contribution is 7.99. The zero-order valence-electron chi connectivity index (χ0n) is 8.63. The highest BCUT2D eigenvalue weighted by atomic mass is 32.2. The summed E-state index contributed by atoms with van der Waals surface area (Å²) in [5, 5.41) is 18.7. The van der Waals surface area contributed by atoms with Gasteiger partial charge in [-0.05, 0) is 12.8 Å². The second-order valence-corrected chi connectivity index (χ2v) is 5.99. The summed E-state index contributed by atoms with van der Waals surface area (Å²) in [4.78, 5) is 0. The minimum atomic E-state index is -0.258. The molecule has 0 aromatic heterocycles. The number of thioether (sulfide) groups is 1. The summed E-state index contributed by atoms with van der Waals surface area (Å²) in [6, 6.07) is 4.97. The summed E-state index contributed by atoms with van der Waals surface area (Å²) in [6.07, 6.45) is 1.80. The van der Waals surface area contributed by atoms with Gasteiger partial charge in [-0.25, -0.2) is 0 Å². The summed E-state index contributed by atoms with van der Waals surface area (Å²) in [7, 11) is 0. The van der Waals surface area contributed by atoms with E-state index in [2.05, 4.69) is 26.0 Å². The van der Waals surface area contributed by atoms with Gasteiger partial charge in [0, 0.05) is 16.9 Å². The number of hydrogen-bond donors (Lipinski definition) is 0. The maximum Gasteiger partial charge on any atom is 0.0731 e. The molecule has 3 heteroatoms. The summed E-state index contributed by atoms with van der Waals surface area (Å²) >= 11 is 1.78. The molecule has 74 valence electrons. The predicted molar refractivity (Wildman–Crippen MR) is 56.4 cm³/mol. The Labute approximate surface area is 89.3 Å². The van der Waals surface area contributed by atoms with Crippen LogP contribution in [0.4, 0.5) is 0 Å². The first kappa shape index (κ1) is 9.87. The van der Waals surface area contributed by atoms with E-state index >= 15 is 0 Å². The normalized spacial score (nSPS) is 44.0. The predicted octanol–water partition coefficient (Wildman–Crippen LogP) is 2.57. The van der Waals surface area contributed by atoms with E-state index in [9.17, 15) is 10.5 Å². The summed E-state index contributed by atoms with van der Waals surface area (Å²) in [5.41, 5.74) is -0.661. The third kappa shape index (κ3) is 0.823. The number of hydrogen-bond acceptors (Lipinski definition) is 3. The molecule has 0 aromatic carbocycles. The SMILES string of the molecule is CC1(C)C2(C#N)CCC1(C#N)CSC2. The smallest absolute Gasteiger partial charge is 0.0731 e. The average molecular weight is 206 g/mol. The van der Waals surface area contributed by atoms with Gasteiger partial charge < -0.3 is 0 Å². The topological polar surface area (TPSA) is 47.6 Å². The minimum Gasteiger partial charge on any atom is -0.198 e. The van der Waals surface area contributed by atoms with Crippen molar-refractivity contribution < 1.29 is 0 Å². The first-order valence-electron chi connectivity index (χ1n) is 4.94. The minimum absolute atomic E-state index is 0.144. The van der Waals surface area contributed by atoms with Crippen LogP contribution in [-0.2, 0) is 0 Å². The van der Waals surface area contributed by atoms with E-state index in [1.807, 2.05) is 0 Å².